The second-order valence-electron chi connectivity index (χ2n) is 4.25. The molecule has 0 aromatic heterocycles. The van der Waals surface area contributed by atoms with Crippen molar-refractivity contribution in [1.82, 2.24) is 5.32 Å². The van der Waals surface area contributed by atoms with Crippen LogP contribution in [0.2, 0.25) is 0 Å². The smallest absolute Gasteiger partial charge is 0.273 e. The minimum Gasteiger partial charge on any atom is -0.493 e. The molecule has 21 heavy (non-hydrogen) atoms. The van der Waals surface area contributed by atoms with Gasteiger partial charge in [0.05, 0.1) is 24.7 Å². The van der Waals surface area contributed by atoms with Gasteiger partial charge in [0.1, 0.15) is 12.7 Å². The summed E-state index contributed by atoms with van der Waals surface area (Å²) in [5.41, 5.74) is -0.0824. The van der Waals surface area contributed by atoms with E-state index in [0.29, 0.717) is 25.4 Å². The van der Waals surface area contributed by atoms with Crippen LogP contribution in [0.1, 0.15) is 0 Å². The van der Waals surface area contributed by atoms with Crippen LogP contribution in [0.5, 0.6) is 11.5 Å². The lowest BCUT2D eigenvalue weighted by Crippen LogP contribution is -2.33. The molecule has 0 heterocycles. The van der Waals surface area contributed by atoms with Gasteiger partial charge in [-0.05, 0) is 6.07 Å². The van der Waals surface area contributed by atoms with Crippen LogP contribution in [0.3, 0.4) is 0 Å². The highest BCUT2D eigenvalue weighted by atomic mass is 16.6. The van der Waals surface area contributed by atoms with E-state index in [1.165, 1.54) is 25.3 Å². The van der Waals surface area contributed by atoms with Gasteiger partial charge in [-0.15, -0.1) is 0 Å². The monoisotopic (exact) mass is 300 g/mol. The van der Waals surface area contributed by atoms with Crippen LogP contribution < -0.4 is 14.8 Å². The van der Waals surface area contributed by atoms with Crippen LogP contribution in [0.25, 0.3) is 0 Å². The largest absolute Gasteiger partial charge is 0.493 e. The average molecular weight is 300 g/mol. The van der Waals surface area contributed by atoms with E-state index < -0.39 is 11.0 Å². The fraction of sp³-hybridized carbons (Fsp3) is 0.538. The van der Waals surface area contributed by atoms with Crippen LogP contribution in [0, 0.1) is 10.1 Å². The molecule has 0 aliphatic heterocycles. The molecule has 0 amide bonds. The normalized spacial score (nSPS) is 12.0. The maximum atomic E-state index is 10.7. The summed E-state index contributed by atoms with van der Waals surface area (Å²) in [7, 11) is 3.00. The van der Waals surface area contributed by atoms with E-state index in [1.54, 1.807) is 7.11 Å². The van der Waals surface area contributed by atoms with Gasteiger partial charge >= 0.3 is 0 Å². The van der Waals surface area contributed by atoms with E-state index >= 15 is 0 Å². The highest BCUT2D eigenvalue weighted by molar-refractivity contribution is 5.48. The van der Waals surface area contributed by atoms with Gasteiger partial charge in [0.15, 0.2) is 11.5 Å². The second kappa shape index (κ2) is 9.11. The molecule has 0 aliphatic carbocycles. The van der Waals surface area contributed by atoms with Crippen LogP contribution in [0.15, 0.2) is 18.2 Å². The molecule has 0 spiro atoms. The number of nitrogens with one attached hydrogen (secondary N) is 1. The molecule has 8 heteroatoms. The first kappa shape index (κ1) is 17.2. The zero-order chi connectivity index (χ0) is 15.7. The lowest BCUT2D eigenvalue weighted by molar-refractivity contribution is -0.384. The van der Waals surface area contributed by atoms with Crippen molar-refractivity contribution in [3.63, 3.8) is 0 Å². The Bertz CT molecular complexity index is 454. The molecule has 1 unspecified atom stereocenters. The van der Waals surface area contributed by atoms with Crippen LogP contribution in [-0.2, 0) is 4.74 Å². The first-order valence-corrected chi connectivity index (χ1v) is 6.41. The third-order valence-electron chi connectivity index (χ3n) is 2.65. The van der Waals surface area contributed by atoms with Crippen LogP contribution in [0.4, 0.5) is 5.69 Å². The number of nitro benzene ring substituents is 1. The Hall–Kier alpha value is -1.90. The van der Waals surface area contributed by atoms with Gasteiger partial charge in [-0.1, -0.05) is 0 Å². The van der Waals surface area contributed by atoms with Crippen molar-refractivity contribution in [3.05, 3.63) is 28.3 Å². The quantitative estimate of drug-likeness (QED) is 0.370. The highest BCUT2D eigenvalue weighted by Crippen LogP contribution is 2.31. The predicted octanol–water partition coefficient (Wildman–Crippen LogP) is 0.579. The van der Waals surface area contributed by atoms with Gasteiger partial charge in [0.2, 0.25) is 0 Å². The molecule has 1 atom stereocenters. The Labute approximate surface area is 122 Å². The number of hydrogen-bond donors (Lipinski definition) is 2. The number of benzene rings is 1. The summed E-state index contributed by atoms with van der Waals surface area (Å²) >= 11 is 0. The maximum absolute atomic E-state index is 10.7. The van der Waals surface area contributed by atoms with Crippen molar-refractivity contribution in [2.24, 2.45) is 0 Å². The summed E-state index contributed by atoms with van der Waals surface area (Å²) < 4.78 is 15.3. The molecule has 0 saturated heterocycles. The first-order chi connectivity index (χ1) is 10.1. The van der Waals surface area contributed by atoms with E-state index in [9.17, 15) is 15.2 Å². The van der Waals surface area contributed by atoms with Crippen molar-refractivity contribution in [3.8, 4) is 11.5 Å². The highest BCUT2D eigenvalue weighted by Gasteiger charge is 2.13. The third kappa shape index (κ3) is 5.94. The number of non-ortho nitro benzene ring substituents is 1. The Kier molecular flexibility index (Phi) is 7.44. The van der Waals surface area contributed by atoms with Crippen molar-refractivity contribution in [2.75, 3.05) is 40.5 Å². The number of hydrogen-bond acceptors (Lipinski definition) is 7. The Morgan fingerprint density at radius 2 is 2.14 bits per heavy atom. The zero-order valence-corrected chi connectivity index (χ0v) is 12.1. The second-order valence-corrected chi connectivity index (χ2v) is 4.25. The molecule has 0 bridgehead atoms. The number of aliphatic hydroxyl groups excluding tert-OH is 1. The number of methoxy groups -OCH3 is 2. The van der Waals surface area contributed by atoms with Crippen molar-refractivity contribution in [2.45, 2.75) is 6.10 Å². The molecule has 118 valence electrons. The number of aliphatic hydroxyl groups is 1. The number of nitro groups is 1. The van der Waals surface area contributed by atoms with E-state index in [2.05, 4.69) is 5.32 Å². The SMILES string of the molecule is COCCNCC(O)COc1ccc([N+](=O)[O-])cc1OC. The molecule has 1 aromatic rings. The molecule has 0 fully saturated rings. The fourth-order valence-corrected chi connectivity index (χ4v) is 1.58. The average Bonchev–Trinajstić information content (AvgIpc) is 2.49. The number of nitrogens with zero attached hydrogens (tertiary/aromatic N) is 1. The molecule has 1 aromatic carbocycles. The first-order valence-electron chi connectivity index (χ1n) is 6.41. The van der Waals surface area contributed by atoms with Gasteiger partial charge in [0, 0.05) is 26.3 Å². The van der Waals surface area contributed by atoms with Gasteiger partial charge in [-0.25, -0.2) is 0 Å². The lowest BCUT2D eigenvalue weighted by Gasteiger charge is -2.14. The summed E-state index contributed by atoms with van der Waals surface area (Å²) in [4.78, 5) is 10.2. The summed E-state index contributed by atoms with van der Waals surface area (Å²) in [6.45, 7) is 1.60. The molecule has 0 aliphatic rings. The number of rotatable bonds is 10. The molecular formula is C13H20N2O6. The topological polar surface area (TPSA) is 103 Å². The minimum absolute atomic E-state index is 0.0498. The summed E-state index contributed by atoms with van der Waals surface area (Å²) in [6.07, 6.45) is -0.707. The zero-order valence-electron chi connectivity index (χ0n) is 12.1. The van der Waals surface area contributed by atoms with E-state index in [-0.39, 0.29) is 18.0 Å². The molecule has 0 radical (unpaired) electrons. The van der Waals surface area contributed by atoms with E-state index in [0.717, 1.165) is 0 Å². The fourth-order valence-electron chi connectivity index (χ4n) is 1.58. The Morgan fingerprint density at radius 1 is 1.38 bits per heavy atom. The van der Waals surface area contributed by atoms with Crippen LogP contribution >= 0.6 is 0 Å². The van der Waals surface area contributed by atoms with Gasteiger partial charge in [0.25, 0.3) is 5.69 Å². The van der Waals surface area contributed by atoms with Gasteiger partial charge < -0.3 is 24.6 Å². The standard InChI is InChI=1S/C13H20N2O6/c1-19-6-5-14-8-11(16)9-21-12-4-3-10(15(17)18)7-13(12)20-2/h3-4,7,11,14,16H,5-6,8-9H2,1-2H3. The predicted molar refractivity (Wildman–Crippen MR) is 75.9 cm³/mol. The number of ether oxygens (including phenoxy) is 3. The molecule has 0 saturated carbocycles. The molecule has 1 rings (SSSR count). The molecule has 2 N–H and O–H groups in total. The maximum Gasteiger partial charge on any atom is 0.273 e. The summed E-state index contributed by atoms with van der Waals surface area (Å²) in [5.74, 6) is 0.600. The Morgan fingerprint density at radius 3 is 2.76 bits per heavy atom. The summed E-state index contributed by atoms with van der Waals surface area (Å²) in [6, 6.07) is 4.04. The lowest BCUT2D eigenvalue weighted by atomic mass is 10.3. The van der Waals surface area contributed by atoms with Crippen LogP contribution in [-0.4, -0.2) is 56.7 Å². The van der Waals surface area contributed by atoms with E-state index in [1.807, 2.05) is 0 Å². The van der Waals surface area contributed by atoms with Crippen molar-refractivity contribution < 1.29 is 24.2 Å². The summed E-state index contributed by atoms with van der Waals surface area (Å²) in [5, 5.41) is 23.4. The van der Waals surface area contributed by atoms with Crippen molar-refractivity contribution >= 4 is 5.69 Å². The van der Waals surface area contributed by atoms with Crippen molar-refractivity contribution in [1.29, 1.82) is 0 Å². The minimum atomic E-state index is -0.707. The van der Waals surface area contributed by atoms with E-state index in [4.69, 9.17) is 14.2 Å². The third-order valence-corrected chi connectivity index (χ3v) is 2.65. The van der Waals surface area contributed by atoms with Gasteiger partial charge in [-0.3, -0.25) is 10.1 Å². The molecule has 8 nitrogen and oxygen atoms in total. The molecular weight excluding hydrogens is 280 g/mol. The van der Waals surface area contributed by atoms with Gasteiger partial charge in [-0.2, -0.15) is 0 Å². The Balaban J connectivity index is 2.49.